The number of aromatic nitrogens is 4. The number of rotatable bonds is 6. The van der Waals surface area contributed by atoms with Gasteiger partial charge in [-0.1, -0.05) is 12.1 Å². The van der Waals surface area contributed by atoms with E-state index in [1.807, 2.05) is 74.6 Å². The molecule has 0 aliphatic carbocycles. The van der Waals surface area contributed by atoms with Crippen LogP contribution in [-0.4, -0.2) is 43.4 Å². The molecule has 0 N–H and O–H groups in total. The number of pyridine rings is 2. The van der Waals surface area contributed by atoms with Crippen LogP contribution in [0.5, 0.6) is 0 Å². The summed E-state index contributed by atoms with van der Waals surface area (Å²) >= 11 is 0. The van der Waals surface area contributed by atoms with Gasteiger partial charge in [0.05, 0.1) is 28.8 Å². The molecule has 0 amide bonds. The van der Waals surface area contributed by atoms with E-state index >= 15 is 0 Å². The third kappa shape index (κ3) is 5.28. The number of fused-ring (bicyclic) bond motifs is 1. The van der Waals surface area contributed by atoms with Gasteiger partial charge in [-0.3, -0.25) is 19.4 Å². The molecular weight excluding hydrogens is 456 g/mol. The van der Waals surface area contributed by atoms with E-state index in [2.05, 4.69) is 36.6 Å². The van der Waals surface area contributed by atoms with Gasteiger partial charge in [0.15, 0.2) is 5.43 Å². The molecule has 0 radical (unpaired) electrons. The van der Waals surface area contributed by atoms with Crippen LogP contribution < -0.4 is 10.3 Å². The SMILES string of the molecule is Cc1cc(CN(Cc2cn(C)c3ccccc3c2=O)[C@H]2CCCN(c3cccnc3)C2)n(C)n1.S. The molecule has 0 bridgehead atoms. The molecule has 1 aromatic carbocycles. The maximum atomic E-state index is 13.4. The van der Waals surface area contributed by atoms with Gasteiger partial charge in [0.2, 0.25) is 0 Å². The first-order valence-electron chi connectivity index (χ1n) is 12.0. The average Bonchev–Trinajstić information content (AvgIpc) is 3.18. The Morgan fingerprint density at radius 1 is 1.11 bits per heavy atom. The first-order valence-corrected chi connectivity index (χ1v) is 12.0. The smallest absolute Gasteiger partial charge is 0.193 e. The lowest BCUT2D eigenvalue weighted by Gasteiger charge is -2.40. The number of nitrogens with zero attached hydrogens (tertiary/aromatic N) is 6. The number of piperidine rings is 1. The second-order valence-electron chi connectivity index (χ2n) is 9.37. The summed E-state index contributed by atoms with van der Waals surface area (Å²) < 4.78 is 4.03. The highest BCUT2D eigenvalue weighted by atomic mass is 32.1. The predicted octanol–water partition coefficient (Wildman–Crippen LogP) is 3.76. The Bertz CT molecular complexity index is 1350. The van der Waals surface area contributed by atoms with Gasteiger partial charge < -0.3 is 9.47 Å². The molecule has 1 saturated heterocycles. The van der Waals surface area contributed by atoms with Crippen LogP contribution in [0.25, 0.3) is 10.9 Å². The van der Waals surface area contributed by atoms with Crippen molar-refractivity contribution in [3.05, 3.63) is 88.2 Å². The minimum atomic E-state index is 0. The van der Waals surface area contributed by atoms with Crippen molar-refractivity contribution < 1.29 is 0 Å². The largest absolute Gasteiger partial charge is 0.369 e. The quantitative estimate of drug-likeness (QED) is 0.412. The Kier molecular flexibility index (Phi) is 7.62. The van der Waals surface area contributed by atoms with E-state index in [0.717, 1.165) is 66.0 Å². The number of benzene rings is 1. The summed E-state index contributed by atoms with van der Waals surface area (Å²) in [5.41, 5.74) is 5.25. The van der Waals surface area contributed by atoms with E-state index < -0.39 is 0 Å². The molecular formula is C27H34N6OS. The molecule has 5 rings (SSSR count). The first-order chi connectivity index (χ1) is 16.5. The van der Waals surface area contributed by atoms with Crippen molar-refractivity contribution in [3.8, 4) is 0 Å². The Balaban J connectivity index is 0.00000289. The van der Waals surface area contributed by atoms with E-state index in [-0.39, 0.29) is 18.9 Å². The van der Waals surface area contributed by atoms with E-state index in [9.17, 15) is 4.79 Å². The average molecular weight is 491 g/mol. The van der Waals surface area contributed by atoms with Gasteiger partial charge in [0.1, 0.15) is 0 Å². The van der Waals surface area contributed by atoms with Crippen molar-refractivity contribution in [2.75, 3.05) is 18.0 Å². The molecule has 4 heterocycles. The molecule has 184 valence electrons. The summed E-state index contributed by atoms with van der Waals surface area (Å²) in [7, 11) is 4.02. The Labute approximate surface area is 213 Å². The van der Waals surface area contributed by atoms with Gasteiger partial charge >= 0.3 is 0 Å². The Morgan fingerprint density at radius 3 is 2.69 bits per heavy atom. The number of para-hydroxylation sites is 1. The van der Waals surface area contributed by atoms with Crippen molar-refractivity contribution in [1.29, 1.82) is 0 Å². The highest BCUT2D eigenvalue weighted by Gasteiger charge is 2.27. The van der Waals surface area contributed by atoms with E-state index in [0.29, 0.717) is 12.6 Å². The van der Waals surface area contributed by atoms with Crippen LogP contribution in [0.1, 0.15) is 29.8 Å². The predicted molar refractivity (Wildman–Crippen MR) is 146 cm³/mol. The van der Waals surface area contributed by atoms with E-state index in [1.165, 1.54) is 0 Å². The van der Waals surface area contributed by atoms with Gasteiger partial charge in [-0.15, -0.1) is 0 Å². The van der Waals surface area contributed by atoms with Crippen LogP contribution >= 0.6 is 13.5 Å². The van der Waals surface area contributed by atoms with Crippen molar-refractivity contribution in [1.82, 2.24) is 24.2 Å². The summed E-state index contributed by atoms with van der Waals surface area (Å²) in [5, 5.41) is 5.33. The molecule has 4 aromatic rings. The lowest BCUT2D eigenvalue weighted by atomic mass is 10.0. The molecule has 8 heteroatoms. The molecule has 1 aliphatic heterocycles. The second-order valence-corrected chi connectivity index (χ2v) is 9.37. The van der Waals surface area contributed by atoms with Crippen LogP contribution in [-0.2, 0) is 27.2 Å². The van der Waals surface area contributed by atoms with Crippen LogP contribution in [0.3, 0.4) is 0 Å². The number of hydrogen-bond acceptors (Lipinski definition) is 5. The van der Waals surface area contributed by atoms with Crippen molar-refractivity contribution >= 4 is 30.1 Å². The molecule has 35 heavy (non-hydrogen) atoms. The molecule has 1 fully saturated rings. The van der Waals surface area contributed by atoms with E-state index in [4.69, 9.17) is 0 Å². The highest BCUT2D eigenvalue weighted by molar-refractivity contribution is 7.59. The highest BCUT2D eigenvalue weighted by Crippen LogP contribution is 2.24. The molecule has 3 aromatic heterocycles. The lowest BCUT2D eigenvalue weighted by Crippen LogP contribution is -2.48. The zero-order chi connectivity index (χ0) is 23.7. The van der Waals surface area contributed by atoms with Crippen LogP contribution in [0.2, 0.25) is 0 Å². The fourth-order valence-corrected chi connectivity index (χ4v) is 5.20. The maximum Gasteiger partial charge on any atom is 0.193 e. The molecule has 0 unspecified atom stereocenters. The summed E-state index contributed by atoms with van der Waals surface area (Å²) in [6.07, 6.45) is 7.97. The van der Waals surface area contributed by atoms with Gasteiger partial charge in [0, 0.05) is 69.7 Å². The molecule has 0 spiro atoms. The number of anilines is 1. The number of aryl methyl sites for hydroxylation is 3. The monoisotopic (exact) mass is 490 g/mol. The topological polar surface area (TPSA) is 59.2 Å². The van der Waals surface area contributed by atoms with Crippen LogP contribution in [0, 0.1) is 6.92 Å². The normalized spacial score (nSPS) is 16.0. The second kappa shape index (κ2) is 10.7. The first kappa shape index (κ1) is 25.0. The standard InChI is InChI=1S/C27H32N6O.H2S/c1-20-14-24(31(3)29-20)19-33(23-9-7-13-32(18-23)22-8-6-12-28-15-22)17-21-16-30(2)26-11-5-4-10-25(26)27(21)34;/h4-6,8,10-12,14-16,23H,7,9,13,17-19H2,1-3H3;1H2/t23-;/m0./s1. The zero-order valence-electron chi connectivity index (χ0n) is 20.7. The fraction of sp³-hybridized carbons (Fsp3) is 0.370. The van der Waals surface area contributed by atoms with Gasteiger partial charge in [-0.25, -0.2) is 0 Å². The van der Waals surface area contributed by atoms with Crippen molar-refractivity contribution in [3.63, 3.8) is 0 Å². The lowest BCUT2D eigenvalue weighted by molar-refractivity contribution is 0.154. The molecule has 1 aliphatic rings. The third-order valence-corrected chi connectivity index (χ3v) is 6.93. The number of hydrogen-bond donors (Lipinski definition) is 0. The van der Waals surface area contributed by atoms with Crippen LogP contribution in [0.4, 0.5) is 5.69 Å². The van der Waals surface area contributed by atoms with Crippen molar-refractivity contribution in [2.24, 2.45) is 14.1 Å². The molecule has 1 atom stereocenters. The van der Waals surface area contributed by atoms with Crippen LogP contribution in [0.15, 0.2) is 65.8 Å². The summed E-state index contributed by atoms with van der Waals surface area (Å²) in [6.45, 7) is 5.32. The summed E-state index contributed by atoms with van der Waals surface area (Å²) in [4.78, 5) is 22.6. The molecule has 7 nitrogen and oxygen atoms in total. The third-order valence-electron chi connectivity index (χ3n) is 6.93. The fourth-order valence-electron chi connectivity index (χ4n) is 5.20. The minimum Gasteiger partial charge on any atom is -0.369 e. The Morgan fingerprint density at radius 2 is 1.94 bits per heavy atom. The van der Waals surface area contributed by atoms with Crippen molar-refractivity contribution in [2.45, 2.75) is 38.9 Å². The summed E-state index contributed by atoms with van der Waals surface area (Å²) in [5.74, 6) is 0. The molecule has 0 saturated carbocycles. The minimum absolute atomic E-state index is 0. The van der Waals surface area contributed by atoms with Gasteiger partial charge in [-0.2, -0.15) is 18.6 Å². The summed E-state index contributed by atoms with van der Waals surface area (Å²) in [6, 6.07) is 14.4. The van der Waals surface area contributed by atoms with E-state index in [1.54, 1.807) is 0 Å². The maximum absolute atomic E-state index is 13.4. The zero-order valence-corrected chi connectivity index (χ0v) is 21.7. The Hall–Kier alpha value is -3.10. The van der Waals surface area contributed by atoms with Gasteiger partial charge in [-0.05, 0) is 50.1 Å². The van der Waals surface area contributed by atoms with Gasteiger partial charge in [0.25, 0.3) is 0 Å².